The maximum absolute atomic E-state index is 12.0. The predicted molar refractivity (Wildman–Crippen MR) is 74.0 cm³/mol. The van der Waals surface area contributed by atoms with Gasteiger partial charge in [-0.05, 0) is 30.3 Å². The molecule has 2 rings (SSSR count). The van der Waals surface area contributed by atoms with Crippen LogP contribution in [0.25, 0.3) is 0 Å². The van der Waals surface area contributed by atoms with E-state index in [9.17, 15) is 9.59 Å². The summed E-state index contributed by atoms with van der Waals surface area (Å²) < 4.78 is 0. The first-order chi connectivity index (χ1) is 9.08. The van der Waals surface area contributed by atoms with Crippen LogP contribution in [0.15, 0.2) is 42.7 Å². The molecule has 0 saturated heterocycles. The molecule has 0 fully saturated rings. The molecule has 0 radical (unpaired) electrons. The van der Waals surface area contributed by atoms with Crippen molar-refractivity contribution in [1.29, 1.82) is 0 Å². The largest absolute Gasteiger partial charge is 0.294 e. The summed E-state index contributed by atoms with van der Waals surface area (Å²) >= 11 is 11.7. The van der Waals surface area contributed by atoms with Crippen LogP contribution < -0.4 is 0 Å². The lowest BCUT2D eigenvalue weighted by molar-refractivity contribution is 0.0894. The van der Waals surface area contributed by atoms with Gasteiger partial charge in [0.2, 0.25) is 0 Å². The van der Waals surface area contributed by atoms with Gasteiger partial charge in [0.05, 0.1) is 11.4 Å². The van der Waals surface area contributed by atoms with Crippen molar-refractivity contribution >= 4 is 34.8 Å². The van der Waals surface area contributed by atoms with E-state index in [1.807, 2.05) is 0 Å². The first-order valence-corrected chi connectivity index (χ1v) is 6.25. The van der Waals surface area contributed by atoms with Crippen molar-refractivity contribution in [2.45, 2.75) is 6.42 Å². The first-order valence-electron chi connectivity index (χ1n) is 5.49. The minimum absolute atomic E-state index is 0.256. The number of Topliss-reactive ketones (excluding diaryl/α,β-unsaturated/α-hetero) is 2. The zero-order valence-electron chi connectivity index (χ0n) is 9.77. The molecule has 2 aromatic rings. The molecule has 1 aromatic carbocycles. The lowest BCUT2D eigenvalue weighted by atomic mass is 10.0. The van der Waals surface area contributed by atoms with E-state index in [-0.39, 0.29) is 28.6 Å². The van der Waals surface area contributed by atoms with Crippen LogP contribution in [0.2, 0.25) is 10.0 Å². The topological polar surface area (TPSA) is 47.0 Å². The number of carbonyl (C=O) groups is 2. The Morgan fingerprint density at radius 1 is 1.11 bits per heavy atom. The standard InChI is InChI=1S/C14H9Cl2NO2/c15-10-3-4-12(16)11(6-10)14(19)7-13(18)9-2-1-5-17-8-9/h1-6,8H,7H2. The Morgan fingerprint density at radius 3 is 2.58 bits per heavy atom. The van der Waals surface area contributed by atoms with Crippen molar-refractivity contribution < 1.29 is 9.59 Å². The summed E-state index contributed by atoms with van der Waals surface area (Å²) in [6, 6.07) is 7.84. The molecule has 0 saturated carbocycles. The second kappa shape index (κ2) is 5.95. The summed E-state index contributed by atoms with van der Waals surface area (Å²) in [5.74, 6) is -0.657. The van der Waals surface area contributed by atoms with E-state index in [1.54, 1.807) is 24.4 Å². The smallest absolute Gasteiger partial charge is 0.172 e. The SMILES string of the molecule is O=C(CC(=O)c1cc(Cl)ccc1Cl)c1cccnc1. The minimum Gasteiger partial charge on any atom is -0.294 e. The number of ketones is 2. The van der Waals surface area contributed by atoms with Crippen LogP contribution in [-0.2, 0) is 0 Å². The fraction of sp³-hybridized carbons (Fsp3) is 0.0714. The molecule has 0 N–H and O–H groups in total. The van der Waals surface area contributed by atoms with Crippen LogP contribution in [0.4, 0.5) is 0 Å². The number of rotatable bonds is 4. The Morgan fingerprint density at radius 2 is 1.89 bits per heavy atom. The number of nitrogens with zero attached hydrogens (tertiary/aromatic N) is 1. The molecule has 0 unspecified atom stereocenters. The third-order valence-corrected chi connectivity index (χ3v) is 3.10. The molecule has 0 amide bonds. The van der Waals surface area contributed by atoms with Crippen LogP contribution in [0.5, 0.6) is 0 Å². The second-order valence-corrected chi connectivity index (χ2v) is 4.73. The molecule has 0 aliphatic carbocycles. The van der Waals surface area contributed by atoms with Gasteiger partial charge in [-0.2, -0.15) is 0 Å². The molecule has 3 nitrogen and oxygen atoms in total. The molecule has 0 aliphatic rings. The van der Waals surface area contributed by atoms with Crippen molar-refractivity contribution in [3.63, 3.8) is 0 Å². The molecule has 0 spiro atoms. The molecule has 0 bridgehead atoms. The minimum atomic E-state index is -0.360. The Bertz CT molecular complexity index is 627. The third-order valence-electron chi connectivity index (χ3n) is 2.53. The highest BCUT2D eigenvalue weighted by atomic mass is 35.5. The Balaban J connectivity index is 2.18. The molecule has 5 heteroatoms. The number of hydrogen-bond donors (Lipinski definition) is 0. The molecule has 19 heavy (non-hydrogen) atoms. The van der Waals surface area contributed by atoms with Crippen molar-refractivity contribution in [1.82, 2.24) is 4.98 Å². The van der Waals surface area contributed by atoms with Gasteiger partial charge in [0.1, 0.15) is 0 Å². The van der Waals surface area contributed by atoms with Gasteiger partial charge in [0.25, 0.3) is 0 Å². The molecule has 1 aromatic heterocycles. The highest BCUT2D eigenvalue weighted by Gasteiger charge is 2.16. The van der Waals surface area contributed by atoms with Crippen LogP contribution in [-0.4, -0.2) is 16.6 Å². The molecule has 0 atom stereocenters. The average molecular weight is 294 g/mol. The van der Waals surface area contributed by atoms with Crippen LogP contribution in [0.1, 0.15) is 27.1 Å². The Hall–Kier alpha value is -1.71. The quantitative estimate of drug-likeness (QED) is 0.635. The Labute approximate surface area is 120 Å². The molecule has 1 heterocycles. The third kappa shape index (κ3) is 3.40. The number of benzene rings is 1. The lowest BCUT2D eigenvalue weighted by Gasteiger charge is -2.04. The molecule has 96 valence electrons. The number of aromatic nitrogens is 1. The number of carbonyl (C=O) groups excluding carboxylic acids is 2. The van der Waals surface area contributed by atoms with Crippen molar-refractivity contribution in [2.75, 3.05) is 0 Å². The Kier molecular flexibility index (Phi) is 4.30. The summed E-state index contributed by atoms with van der Waals surface area (Å²) in [6.07, 6.45) is 2.73. The zero-order valence-corrected chi connectivity index (χ0v) is 11.3. The monoisotopic (exact) mass is 293 g/mol. The molecular weight excluding hydrogens is 285 g/mol. The van der Waals surface area contributed by atoms with Gasteiger partial charge in [-0.15, -0.1) is 0 Å². The summed E-state index contributed by atoms with van der Waals surface area (Å²) in [5.41, 5.74) is 0.653. The van der Waals surface area contributed by atoms with E-state index in [0.717, 1.165) is 0 Å². The summed E-state index contributed by atoms with van der Waals surface area (Å²) in [7, 11) is 0. The van der Waals surface area contributed by atoms with E-state index in [0.29, 0.717) is 10.6 Å². The van der Waals surface area contributed by atoms with Crippen LogP contribution >= 0.6 is 23.2 Å². The summed E-state index contributed by atoms with van der Waals surface area (Å²) in [5, 5.41) is 0.690. The highest BCUT2D eigenvalue weighted by molar-refractivity contribution is 6.36. The fourth-order valence-corrected chi connectivity index (χ4v) is 1.98. The number of halogens is 2. The number of pyridine rings is 1. The summed E-state index contributed by atoms with van der Waals surface area (Å²) in [6.45, 7) is 0. The van der Waals surface area contributed by atoms with Crippen LogP contribution in [0.3, 0.4) is 0 Å². The first kappa shape index (κ1) is 13.7. The maximum Gasteiger partial charge on any atom is 0.172 e. The van der Waals surface area contributed by atoms with Crippen molar-refractivity contribution in [2.24, 2.45) is 0 Å². The van der Waals surface area contributed by atoms with Crippen molar-refractivity contribution in [3.8, 4) is 0 Å². The van der Waals surface area contributed by atoms with E-state index < -0.39 is 0 Å². The molecular formula is C14H9Cl2NO2. The second-order valence-electron chi connectivity index (χ2n) is 3.89. The van der Waals surface area contributed by atoms with E-state index in [2.05, 4.69) is 4.98 Å². The van der Waals surface area contributed by atoms with Gasteiger partial charge in [0.15, 0.2) is 11.6 Å². The zero-order chi connectivity index (χ0) is 13.8. The number of hydrogen-bond acceptors (Lipinski definition) is 3. The van der Waals surface area contributed by atoms with Gasteiger partial charge < -0.3 is 0 Å². The van der Waals surface area contributed by atoms with Gasteiger partial charge in [-0.25, -0.2) is 0 Å². The molecule has 0 aliphatic heterocycles. The van der Waals surface area contributed by atoms with Crippen LogP contribution in [0, 0.1) is 0 Å². The fourth-order valence-electron chi connectivity index (χ4n) is 1.58. The normalized spacial score (nSPS) is 10.2. The van der Waals surface area contributed by atoms with Gasteiger partial charge in [0, 0.05) is 28.5 Å². The van der Waals surface area contributed by atoms with Gasteiger partial charge in [-0.3, -0.25) is 14.6 Å². The van der Waals surface area contributed by atoms with Gasteiger partial charge >= 0.3 is 0 Å². The highest BCUT2D eigenvalue weighted by Crippen LogP contribution is 2.22. The van der Waals surface area contributed by atoms with Crippen molar-refractivity contribution in [3.05, 3.63) is 63.9 Å². The lowest BCUT2D eigenvalue weighted by Crippen LogP contribution is -2.09. The van der Waals surface area contributed by atoms with E-state index in [4.69, 9.17) is 23.2 Å². The van der Waals surface area contributed by atoms with E-state index >= 15 is 0 Å². The summed E-state index contributed by atoms with van der Waals surface area (Å²) in [4.78, 5) is 27.7. The average Bonchev–Trinajstić information content (AvgIpc) is 2.42. The maximum atomic E-state index is 12.0. The van der Waals surface area contributed by atoms with E-state index in [1.165, 1.54) is 18.3 Å². The predicted octanol–water partition coefficient (Wildman–Crippen LogP) is 3.84. The van der Waals surface area contributed by atoms with Gasteiger partial charge in [-0.1, -0.05) is 23.2 Å².